The van der Waals surface area contributed by atoms with Gasteiger partial charge in [-0.15, -0.1) is 11.3 Å². The summed E-state index contributed by atoms with van der Waals surface area (Å²) in [6.07, 6.45) is 4.01. The van der Waals surface area contributed by atoms with Gasteiger partial charge in [0.2, 0.25) is 5.91 Å². The van der Waals surface area contributed by atoms with Gasteiger partial charge in [0.25, 0.3) is 0 Å². The van der Waals surface area contributed by atoms with Gasteiger partial charge in [-0.05, 0) is 73.4 Å². The van der Waals surface area contributed by atoms with E-state index in [1.165, 1.54) is 27.5 Å². The molecule has 2 aromatic rings. The summed E-state index contributed by atoms with van der Waals surface area (Å²) in [6.45, 7) is 7.27. The molecule has 3 aliphatic rings. The van der Waals surface area contributed by atoms with Crippen molar-refractivity contribution in [3.63, 3.8) is 0 Å². The second kappa shape index (κ2) is 5.81. The van der Waals surface area contributed by atoms with Crippen LogP contribution < -0.4 is 10.2 Å². The Morgan fingerprint density at radius 1 is 1.30 bits per heavy atom. The molecule has 1 aliphatic heterocycles. The van der Waals surface area contributed by atoms with E-state index in [0.717, 1.165) is 42.6 Å². The van der Waals surface area contributed by atoms with Crippen molar-refractivity contribution in [2.75, 3.05) is 16.8 Å². The first kappa shape index (κ1) is 17.2. The first-order valence-electron chi connectivity index (χ1n) is 9.80. The molecule has 1 N–H and O–H groups in total. The van der Waals surface area contributed by atoms with Crippen molar-refractivity contribution in [3.05, 3.63) is 44.9 Å². The minimum Gasteiger partial charge on any atom is -0.364 e. The molecular weight excluding hydrogens is 359 g/mol. The Hall–Kier alpha value is -1.88. The summed E-state index contributed by atoms with van der Waals surface area (Å²) in [5.74, 6) is 0.575. The maximum absolute atomic E-state index is 13.7. The fourth-order valence-electron chi connectivity index (χ4n) is 4.84. The fourth-order valence-corrected chi connectivity index (χ4v) is 5.88. The molecule has 2 atom stereocenters. The topological polar surface area (TPSA) is 32.3 Å². The summed E-state index contributed by atoms with van der Waals surface area (Å²) in [6, 6.07) is 6.36. The van der Waals surface area contributed by atoms with Gasteiger partial charge < -0.3 is 10.2 Å². The number of benzene rings is 1. The molecule has 0 spiro atoms. The summed E-state index contributed by atoms with van der Waals surface area (Å²) >= 11 is 1.32. The number of amides is 1. The van der Waals surface area contributed by atoms with Gasteiger partial charge in [-0.2, -0.15) is 4.39 Å². The standard InChI is InChI=1S/C22H25FN2OS/c1-12-6-15(7-13(2)20(12)24-19(26)10-22(3)4-5-22)25-11-14-8-17(25)16-9-18(23)27-21(14)16/h6-7,9,14,17H,4-5,8,10-11H2,1-3H3,(H,24,26). The molecule has 3 nitrogen and oxygen atoms in total. The first-order valence-corrected chi connectivity index (χ1v) is 10.6. The predicted octanol–water partition coefficient (Wildman–Crippen LogP) is 5.68. The Morgan fingerprint density at radius 3 is 2.67 bits per heavy atom. The maximum atomic E-state index is 13.7. The van der Waals surface area contributed by atoms with Crippen molar-refractivity contribution in [2.24, 2.45) is 5.41 Å². The second-order valence-corrected chi connectivity index (χ2v) is 10.00. The Bertz CT molecular complexity index is 923. The Balaban J connectivity index is 1.38. The lowest BCUT2D eigenvalue weighted by atomic mass is 10.0. The fraction of sp³-hybridized carbons (Fsp3) is 0.500. The molecule has 27 heavy (non-hydrogen) atoms. The number of thiophene rings is 1. The van der Waals surface area contributed by atoms with E-state index in [1.807, 2.05) is 0 Å². The number of rotatable bonds is 4. The molecule has 2 fully saturated rings. The molecular formula is C22H25FN2OS. The van der Waals surface area contributed by atoms with Gasteiger partial charge in [0.05, 0.1) is 6.04 Å². The minimum atomic E-state index is -0.0636. The molecule has 1 saturated carbocycles. The van der Waals surface area contributed by atoms with Crippen LogP contribution in [-0.2, 0) is 4.79 Å². The van der Waals surface area contributed by atoms with Crippen molar-refractivity contribution in [1.82, 2.24) is 0 Å². The molecule has 2 heterocycles. The highest BCUT2D eigenvalue weighted by atomic mass is 32.1. The molecule has 1 aromatic carbocycles. The number of fused-ring (bicyclic) bond motifs is 5. The van der Waals surface area contributed by atoms with Gasteiger partial charge in [-0.1, -0.05) is 6.92 Å². The number of hydrogen-bond acceptors (Lipinski definition) is 3. The Morgan fingerprint density at radius 2 is 2.00 bits per heavy atom. The zero-order valence-electron chi connectivity index (χ0n) is 16.1. The van der Waals surface area contributed by atoms with Crippen LogP contribution in [0.3, 0.4) is 0 Å². The highest BCUT2D eigenvalue weighted by molar-refractivity contribution is 7.10. The average Bonchev–Trinajstić information content (AvgIpc) is 2.97. The average molecular weight is 385 g/mol. The summed E-state index contributed by atoms with van der Waals surface area (Å²) < 4.78 is 13.7. The van der Waals surface area contributed by atoms with Gasteiger partial charge in [-0.25, -0.2) is 0 Å². The zero-order valence-corrected chi connectivity index (χ0v) is 16.9. The SMILES string of the molecule is Cc1cc(N2CC3CC2c2cc(F)sc23)cc(C)c1NC(=O)CC1(C)CC1. The largest absolute Gasteiger partial charge is 0.364 e. The molecule has 5 rings (SSSR count). The van der Waals surface area contributed by atoms with Gasteiger partial charge in [0.1, 0.15) is 0 Å². The molecule has 2 unspecified atom stereocenters. The normalized spacial score (nSPS) is 24.2. The van der Waals surface area contributed by atoms with Crippen molar-refractivity contribution < 1.29 is 9.18 Å². The van der Waals surface area contributed by atoms with Crippen LogP contribution in [0.1, 0.15) is 66.1 Å². The summed E-state index contributed by atoms with van der Waals surface area (Å²) in [5, 5.41) is 3.08. The third-order valence-corrected chi connectivity index (χ3v) is 7.70. The lowest BCUT2D eigenvalue weighted by molar-refractivity contribution is -0.117. The lowest BCUT2D eigenvalue weighted by Gasteiger charge is -2.30. The highest BCUT2D eigenvalue weighted by Crippen LogP contribution is 2.54. The van der Waals surface area contributed by atoms with Crippen LogP contribution in [0.15, 0.2) is 18.2 Å². The van der Waals surface area contributed by atoms with Crippen LogP contribution in [0.5, 0.6) is 0 Å². The number of carbonyl (C=O) groups excluding carboxylic acids is 1. The van der Waals surface area contributed by atoms with Gasteiger partial charge in [0, 0.05) is 35.1 Å². The Labute approximate surface area is 163 Å². The summed E-state index contributed by atoms with van der Waals surface area (Å²) in [4.78, 5) is 16.1. The number of hydrogen-bond donors (Lipinski definition) is 1. The number of carbonyl (C=O) groups is 1. The number of nitrogens with one attached hydrogen (secondary N) is 1. The highest BCUT2D eigenvalue weighted by Gasteiger charge is 2.44. The van der Waals surface area contributed by atoms with E-state index in [0.29, 0.717) is 18.4 Å². The lowest BCUT2D eigenvalue weighted by Crippen LogP contribution is -2.26. The van der Waals surface area contributed by atoms with Crippen molar-refractivity contribution in [2.45, 2.75) is 58.4 Å². The summed E-state index contributed by atoms with van der Waals surface area (Å²) in [7, 11) is 0. The molecule has 2 aliphatic carbocycles. The quantitative estimate of drug-likeness (QED) is 0.735. The minimum absolute atomic E-state index is 0.0636. The van der Waals surface area contributed by atoms with Crippen LogP contribution in [0, 0.1) is 24.4 Å². The third kappa shape index (κ3) is 2.87. The molecule has 1 saturated heterocycles. The number of aryl methyl sites for hydroxylation is 2. The first-order chi connectivity index (χ1) is 12.8. The van der Waals surface area contributed by atoms with Crippen molar-refractivity contribution in [3.8, 4) is 0 Å². The molecule has 1 aromatic heterocycles. The van der Waals surface area contributed by atoms with E-state index in [-0.39, 0.29) is 16.5 Å². The van der Waals surface area contributed by atoms with E-state index in [1.54, 1.807) is 6.07 Å². The smallest absolute Gasteiger partial charge is 0.224 e. The van der Waals surface area contributed by atoms with E-state index in [2.05, 4.69) is 43.1 Å². The maximum Gasteiger partial charge on any atom is 0.224 e. The molecule has 2 bridgehead atoms. The van der Waals surface area contributed by atoms with E-state index >= 15 is 0 Å². The Kier molecular flexibility index (Phi) is 3.71. The van der Waals surface area contributed by atoms with Gasteiger partial charge >= 0.3 is 0 Å². The third-order valence-electron chi connectivity index (χ3n) is 6.60. The van der Waals surface area contributed by atoms with Crippen LogP contribution in [-0.4, -0.2) is 12.5 Å². The molecule has 142 valence electrons. The van der Waals surface area contributed by atoms with E-state index in [4.69, 9.17) is 0 Å². The van der Waals surface area contributed by atoms with Crippen LogP contribution in [0.25, 0.3) is 0 Å². The molecule has 1 amide bonds. The van der Waals surface area contributed by atoms with E-state index in [9.17, 15) is 9.18 Å². The second-order valence-electron chi connectivity index (χ2n) is 8.96. The van der Waals surface area contributed by atoms with Crippen LogP contribution >= 0.6 is 11.3 Å². The van der Waals surface area contributed by atoms with E-state index < -0.39 is 0 Å². The van der Waals surface area contributed by atoms with Gasteiger partial charge in [-0.3, -0.25) is 4.79 Å². The number of anilines is 2. The van der Waals surface area contributed by atoms with Crippen LogP contribution in [0.4, 0.5) is 15.8 Å². The number of nitrogens with zero attached hydrogens (tertiary/aromatic N) is 1. The van der Waals surface area contributed by atoms with Gasteiger partial charge in [0.15, 0.2) is 5.13 Å². The summed E-state index contributed by atoms with van der Waals surface area (Å²) in [5.41, 5.74) is 5.71. The monoisotopic (exact) mass is 384 g/mol. The molecule has 5 heteroatoms. The molecule has 0 radical (unpaired) electrons. The van der Waals surface area contributed by atoms with Crippen molar-refractivity contribution >= 4 is 28.6 Å². The van der Waals surface area contributed by atoms with Crippen LogP contribution in [0.2, 0.25) is 0 Å². The van der Waals surface area contributed by atoms with Crippen molar-refractivity contribution in [1.29, 1.82) is 0 Å². The number of halogens is 1. The predicted molar refractivity (Wildman–Crippen MR) is 108 cm³/mol. The zero-order chi connectivity index (χ0) is 18.9.